The Labute approximate surface area is 119 Å². The summed E-state index contributed by atoms with van der Waals surface area (Å²) in [4.78, 5) is 21.1. The van der Waals surface area contributed by atoms with Crippen LogP contribution < -0.4 is 4.74 Å². The fraction of sp³-hybridized carbons (Fsp3) is 0.214. The molecule has 7 nitrogen and oxygen atoms in total. The van der Waals surface area contributed by atoms with Crippen LogP contribution in [0.25, 0.3) is 11.3 Å². The molecule has 0 radical (unpaired) electrons. The monoisotopic (exact) mass is 291 g/mol. The van der Waals surface area contributed by atoms with Gasteiger partial charge in [-0.3, -0.25) is 14.9 Å². The maximum absolute atomic E-state index is 11.0. The lowest BCUT2D eigenvalue weighted by atomic mass is 10.1. The minimum absolute atomic E-state index is 0.162. The Hall–Kier alpha value is -2.83. The van der Waals surface area contributed by atoms with E-state index >= 15 is 0 Å². The van der Waals surface area contributed by atoms with E-state index in [4.69, 9.17) is 14.3 Å². The second kappa shape index (κ2) is 6.08. The molecular weight excluding hydrogens is 278 g/mol. The van der Waals surface area contributed by atoms with Crippen molar-refractivity contribution in [2.24, 2.45) is 0 Å². The molecule has 21 heavy (non-hydrogen) atoms. The lowest BCUT2D eigenvalue weighted by molar-refractivity contribution is -0.385. The van der Waals surface area contributed by atoms with Crippen molar-refractivity contribution in [1.82, 2.24) is 0 Å². The zero-order valence-electron chi connectivity index (χ0n) is 11.2. The molecule has 1 aromatic heterocycles. The van der Waals surface area contributed by atoms with Crippen LogP contribution in [0.5, 0.6) is 5.75 Å². The Morgan fingerprint density at radius 2 is 2.14 bits per heavy atom. The van der Waals surface area contributed by atoms with Crippen LogP contribution in [-0.4, -0.2) is 22.6 Å². The van der Waals surface area contributed by atoms with Crippen LogP contribution in [0.4, 0.5) is 5.69 Å². The van der Waals surface area contributed by atoms with Crippen molar-refractivity contribution in [3.8, 4) is 17.1 Å². The second-order valence-electron chi connectivity index (χ2n) is 4.21. The number of aliphatic carboxylic acids is 1. The molecule has 0 unspecified atom stereocenters. The van der Waals surface area contributed by atoms with Crippen molar-refractivity contribution in [3.63, 3.8) is 0 Å². The first-order valence-corrected chi connectivity index (χ1v) is 6.23. The summed E-state index contributed by atoms with van der Waals surface area (Å²) in [5.41, 5.74) is 0.326. The number of carbonyl (C=O) groups is 1. The molecule has 2 aromatic rings. The summed E-state index contributed by atoms with van der Waals surface area (Å²) in [5.74, 6) is -0.163. The first-order valence-electron chi connectivity index (χ1n) is 6.23. The van der Waals surface area contributed by atoms with Crippen molar-refractivity contribution < 1.29 is 24.0 Å². The molecule has 0 fully saturated rings. The smallest absolute Gasteiger partial charge is 0.311 e. The van der Waals surface area contributed by atoms with Crippen molar-refractivity contribution >= 4 is 11.7 Å². The van der Waals surface area contributed by atoms with Gasteiger partial charge in [-0.05, 0) is 31.2 Å². The Morgan fingerprint density at radius 1 is 1.38 bits per heavy atom. The summed E-state index contributed by atoms with van der Waals surface area (Å²) in [5, 5.41) is 19.7. The van der Waals surface area contributed by atoms with Crippen molar-refractivity contribution in [1.29, 1.82) is 0 Å². The van der Waals surface area contributed by atoms with Gasteiger partial charge in [0.1, 0.15) is 17.9 Å². The molecule has 0 saturated carbocycles. The maximum Gasteiger partial charge on any atom is 0.311 e. The number of hydrogen-bond donors (Lipinski definition) is 1. The highest BCUT2D eigenvalue weighted by Gasteiger charge is 2.18. The molecule has 0 spiro atoms. The number of carboxylic acids is 1. The number of nitrogens with zero attached hydrogens (tertiary/aromatic N) is 1. The lowest BCUT2D eigenvalue weighted by Crippen LogP contribution is -1.98. The molecule has 0 aliphatic heterocycles. The van der Waals surface area contributed by atoms with Crippen LogP contribution in [0, 0.1) is 10.1 Å². The highest BCUT2D eigenvalue weighted by Crippen LogP contribution is 2.33. The molecule has 1 heterocycles. The second-order valence-corrected chi connectivity index (χ2v) is 4.21. The van der Waals surface area contributed by atoms with E-state index < -0.39 is 10.9 Å². The quantitative estimate of drug-likeness (QED) is 0.648. The van der Waals surface area contributed by atoms with E-state index in [1.165, 1.54) is 18.2 Å². The normalized spacial score (nSPS) is 10.3. The zero-order chi connectivity index (χ0) is 15.4. The molecule has 0 bridgehead atoms. The van der Waals surface area contributed by atoms with Crippen LogP contribution in [0.2, 0.25) is 0 Å². The van der Waals surface area contributed by atoms with Gasteiger partial charge in [0.2, 0.25) is 0 Å². The fourth-order valence-electron chi connectivity index (χ4n) is 1.87. The Bertz CT molecular complexity index is 676. The van der Waals surface area contributed by atoms with Gasteiger partial charge in [-0.2, -0.15) is 0 Å². The third-order valence-electron chi connectivity index (χ3n) is 2.73. The average Bonchev–Trinajstić information content (AvgIpc) is 2.87. The van der Waals surface area contributed by atoms with Crippen LogP contribution in [-0.2, 0) is 11.2 Å². The van der Waals surface area contributed by atoms with Gasteiger partial charge in [-0.25, -0.2) is 0 Å². The van der Waals surface area contributed by atoms with E-state index in [1.807, 2.05) is 0 Å². The number of nitro groups is 1. The SMILES string of the molecule is CCOc1ccc(-c2ccc(CC(=O)O)o2)cc1[N+](=O)[O-]. The highest BCUT2D eigenvalue weighted by atomic mass is 16.6. The van der Waals surface area contributed by atoms with Gasteiger partial charge >= 0.3 is 11.7 Å². The predicted molar refractivity (Wildman–Crippen MR) is 73.3 cm³/mol. The molecule has 7 heteroatoms. The summed E-state index contributed by atoms with van der Waals surface area (Å²) >= 11 is 0. The summed E-state index contributed by atoms with van der Waals surface area (Å²) in [6.07, 6.45) is -0.237. The van der Waals surface area contributed by atoms with Crippen molar-refractivity contribution in [3.05, 3.63) is 46.2 Å². The highest BCUT2D eigenvalue weighted by molar-refractivity contribution is 5.70. The summed E-state index contributed by atoms with van der Waals surface area (Å²) < 4.78 is 10.6. The van der Waals surface area contributed by atoms with E-state index in [9.17, 15) is 14.9 Å². The predicted octanol–water partition coefficient (Wildman–Crippen LogP) is 2.88. The summed E-state index contributed by atoms with van der Waals surface area (Å²) in [6, 6.07) is 7.58. The average molecular weight is 291 g/mol. The third kappa shape index (κ3) is 3.38. The number of carboxylic acid groups (broad SMARTS) is 1. The summed E-state index contributed by atoms with van der Waals surface area (Å²) in [7, 11) is 0. The molecule has 0 aliphatic rings. The van der Waals surface area contributed by atoms with E-state index in [0.717, 1.165) is 0 Å². The van der Waals surface area contributed by atoms with Gasteiger partial charge in [0, 0.05) is 11.6 Å². The van der Waals surface area contributed by atoms with Gasteiger partial charge in [0.15, 0.2) is 5.75 Å². The largest absolute Gasteiger partial charge is 0.487 e. The minimum Gasteiger partial charge on any atom is -0.487 e. The first kappa shape index (κ1) is 14.6. The molecule has 1 aromatic carbocycles. The Morgan fingerprint density at radius 3 is 2.76 bits per heavy atom. The van der Waals surface area contributed by atoms with Gasteiger partial charge < -0.3 is 14.3 Å². The van der Waals surface area contributed by atoms with Crippen molar-refractivity contribution in [2.45, 2.75) is 13.3 Å². The van der Waals surface area contributed by atoms with Gasteiger partial charge in [-0.1, -0.05) is 0 Å². The molecule has 0 saturated heterocycles. The van der Waals surface area contributed by atoms with Crippen molar-refractivity contribution in [2.75, 3.05) is 6.61 Å². The molecule has 2 rings (SSSR count). The van der Waals surface area contributed by atoms with E-state index in [-0.39, 0.29) is 23.6 Å². The fourth-order valence-corrected chi connectivity index (χ4v) is 1.87. The molecule has 0 amide bonds. The maximum atomic E-state index is 11.0. The number of hydrogen-bond acceptors (Lipinski definition) is 5. The van der Waals surface area contributed by atoms with Crippen LogP contribution in [0.15, 0.2) is 34.7 Å². The van der Waals surface area contributed by atoms with Gasteiger partial charge in [0.25, 0.3) is 0 Å². The number of rotatable bonds is 6. The van der Waals surface area contributed by atoms with E-state index in [1.54, 1.807) is 19.1 Å². The van der Waals surface area contributed by atoms with Crippen LogP contribution >= 0.6 is 0 Å². The molecule has 1 N–H and O–H groups in total. The molecule has 0 aliphatic carbocycles. The van der Waals surface area contributed by atoms with Crippen LogP contribution in [0.1, 0.15) is 12.7 Å². The van der Waals surface area contributed by atoms with E-state index in [2.05, 4.69) is 0 Å². The molecule has 0 atom stereocenters. The van der Waals surface area contributed by atoms with Gasteiger partial charge in [0.05, 0.1) is 11.5 Å². The summed E-state index contributed by atoms with van der Waals surface area (Å²) in [6.45, 7) is 2.06. The Kier molecular flexibility index (Phi) is 4.22. The lowest BCUT2D eigenvalue weighted by Gasteiger charge is -2.05. The number of ether oxygens (including phenoxy) is 1. The van der Waals surface area contributed by atoms with Crippen LogP contribution in [0.3, 0.4) is 0 Å². The first-order chi connectivity index (χ1) is 10.0. The van der Waals surface area contributed by atoms with Gasteiger partial charge in [-0.15, -0.1) is 0 Å². The minimum atomic E-state index is -1.01. The topological polar surface area (TPSA) is 103 Å². The zero-order valence-corrected chi connectivity index (χ0v) is 11.2. The number of benzene rings is 1. The number of nitro benzene ring substituents is 1. The standard InChI is InChI=1S/C14H13NO6/c1-2-20-13-5-3-9(7-11(13)15(18)19)12-6-4-10(21-12)8-14(16)17/h3-7H,2,8H2,1H3,(H,16,17). The van der Waals surface area contributed by atoms with E-state index in [0.29, 0.717) is 17.9 Å². The molecule has 110 valence electrons. The third-order valence-corrected chi connectivity index (χ3v) is 2.73. The Balaban J connectivity index is 2.35. The molecular formula is C14H13NO6. The number of furan rings is 1.